The third kappa shape index (κ3) is 8850. The maximum absolute atomic E-state index is 9.25. The van der Waals surface area contributed by atoms with Gasteiger partial charge in [0, 0.05) is 6.08 Å². The summed E-state index contributed by atoms with van der Waals surface area (Å²) >= 11 is 0. The third-order valence-corrected chi connectivity index (χ3v) is 0.175. The van der Waals surface area contributed by atoms with Crippen LogP contribution in [0.5, 0.6) is 0 Å². The lowest BCUT2D eigenvalue weighted by atomic mass is 10.7. The molecule has 0 rings (SSSR count). The van der Waals surface area contributed by atoms with Gasteiger partial charge in [0.25, 0.3) is 0 Å². The Labute approximate surface area is 70.3 Å². The molecule has 0 heterocycles. The van der Waals surface area contributed by atoms with Gasteiger partial charge in [0.1, 0.15) is 0 Å². The highest BCUT2D eigenvalue weighted by atomic mass is 16.6. The summed E-state index contributed by atoms with van der Waals surface area (Å²) < 4.78 is 0. The summed E-state index contributed by atoms with van der Waals surface area (Å²) in [6.07, 6.45) is 0.750. The van der Waals surface area contributed by atoms with Gasteiger partial charge >= 0.3 is 12.1 Å². The summed E-state index contributed by atoms with van der Waals surface area (Å²) in [6, 6.07) is 0. The number of carbonyl (C=O) groups is 2. The Kier molecular flexibility index (Phi) is 22.4. The van der Waals surface area contributed by atoms with Gasteiger partial charge < -0.3 is 15.3 Å². The second-order valence-corrected chi connectivity index (χ2v) is 1.23. The van der Waals surface area contributed by atoms with E-state index in [1.165, 1.54) is 0 Å². The SMILES string of the molecule is C=CC.C=CC(=O)O.O=C(O)O. The van der Waals surface area contributed by atoms with E-state index >= 15 is 0 Å². The maximum atomic E-state index is 9.25. The summed E-state index contributed by atoms with van der Waals surface area (Å²) in [6.45, 7) is 8.21. The molecule has 0 atom stereocenters. The maximum Gasteiger partial charge on any atom is 0.503 e. The van der Waals surface area contributed by atoms with Gasteiger partial charge in [-0.2, -0.15) is 0 Å². The molecule has 3 N–H and O–H groups in total. The van der Waals surface area contributed by atoms with Crippen molar-refractivity contribution in [2.75, 3.05) is 0 Å². The van der Waals surface area contributed by atoms with Crippen LogP contribution in [0.1, 0.15) is 6.92 Å². The molecule has 12 heavy (non-hydrogen) atoms. The van der Waals surface area contributed by atoms with Crippen molar-refractivity contribution in [3.63, 3.8) is 0 Å². The van der Waals surface area contributed by atoms with Gasteiger partial charge in [-0.15, -0.1) is 6.58 Å². The van der Waals surface area contributed by atoms with E-state index in [2.05, 4.69) is 13.2 Å². The van der Waals surface area contributed by atoms with Crippen molar-refractivity contribution in [2.45, 2.75) is 6.92 Å². The van der Waals surface area contributed by atoms with E-state index in [9.17, 15) is 4.79 Å². The van der Waals surface area contributed by atoms with Gasteiger partial charge in [0.15, 0.2) is 0 Å². The average Bonchev–Trinajstić information content (AvgIpc) is 1.88. The Morgan fingerprint density at radius 1 is 1.17 bits per heavy atom. The monoisotopic (exact) mass is 176 g/mol. The van der Waals surface area contributed by atoms with E-state index in [1.807, 2.05) is 6.92 Å². The molecule has 0 radical (unpaired) electrons. The van der Waals surface area contributed by atoms with E-state index in [4.69, 9.17) is 20.1 Å². The second kappa shape index (κ2) is 16.1. The highest BCUT2D eigenvalue weighted by Gasteiger charge is 1.73. The minimum atomic E-state index is -1.83. The van der Waals surface area contributed by atoms with Gasteiger partial charge in [-0.05, 0) is 6.92 Å². The molecule has 0 aliphatic carbocycles. The number of aliphatic carboxylic acids is 1. The van der Waals surface area contributed by atoms with E-state index in [1.54, 1.807) is 6.08 Å². The summed E-state index contributed by atoms with van der Waals surface area (Å²) in [5.74, 6) is -0.981. The van der Waals surface area contributed by atoms with Crippen molar-refractivity contribution in [1.82, 2.24) is 0 Å². The molecule has 0 unspecified atom stereocenters. The first-order chi connectivity index (χ1) is 5.42. The van der Waals surface area contributed by atoms with E-state index in [-0.39, 0.29) is 0 Å². The van der Waals surface area contributed by atoms with Crippen LogP contribution in [0.15, 0.2) is 25.3 Å². The van der Waals surface area contributed by atoms with Crippen molar-refractivity contribution in [3.05, 3.63) is 25.3 Å². The topological polar surface area (TPSA) is 94.8 Å². The van der Waals surface area contributed by atoms with Crippen LogP contribution in [-0.2, 0) is 4.79 Å². The molecular weight excluding hydrogens is 164 g/mol. The summed E-state index contributed by atoms with van der Waals surface area (Å²) in [5.41, 5.74) is 0. The first-order valence-electron chi connectivity index (χ1n) is 2.76. The van der Waals surface area contributed by atoms with E-state index in [0.717, 1.165) is 6.08 Å². The van der Waals surface area contributed by atoms with Gasteiger partial charge in [-0.25, -0.2) is 9.59 Å². The van der Waals surface area contributed by atoms with Crippen LogP contribution in [0.25, 0.3) is 0 Å². The molecule has 0 aromatic carbocycles. The summed E-state index contributed by atoms with van der Waals surface area (Å²) in [7, 11) is 0. The van der Waals surface area contributed by atoms with Crippen LogP contribution in [0.3, 0.4) is 0 Å². The molecule has 0 aromatic heterocycles. The molecule has 0 bridgehead atoms. The second-order valence-electron chi connectivity index (χ2n) is 1.23. The van der Waals surface area contributed by atoms with Crippen LogP contribution >= 0.6 is 0 Å². The normalized spacial score (nSPS) is 5.75. The first kappa shape index (κ1) is 16.7. The van der Waals surface area contributed by atoms with Gasteiger partial charge in [0.2, 0.25) is 0 Å². The number of carboxylic acids is 1. The largest absolute Gasteiger partial charge is 0.503 e. The van der Waals surface area contributed by atoms with Crippen LogP contribution < -0.4 is 0 Å². The Hall–Kier alpha value is -1.78. The quantitative estimate of drug-likeness (QED) is 0.417. The fourth-order valence-corrected chi connectivity index (χ4v) is 0. The fraction of sp³-hybridized carbons (Fsp3) is 0.143. The van der Waals surface area contributed by atoms with E-state index in [0.29, 0.717) is 0 Å². The molecule has 0 aliphatic rings. The zero-order valence-corrected chi connectivity index (χ0v) is 6.73. The van der Waals surface area contributed by atoms with Gasteiger partial charge in [-0.3, -0.25) is 0 Å². The Balaban J connectivity index is -0.000000105. The minimum Gasteiger partial charge on any atom is -0.478 e. The van der Waals surface area contributed by atoms with Crippen LogP contribution in [0, 0.1) is 0 Å². The molecule has 5 heteroatoms. The number of rotatable bonds is 1. The van der Waals surface area contributed by atoms with Crippen molar-refractivity contribution in [3.8, 4) is 0 Å². The molecular formula is C7H12O5. The molecule has 0 aliphatic heterocycles. The number of hydrogen-bond acceptors (Lipinski definition) is 2. The average molecular weight is 176 g/mol. The molecule has 0 amide bonds. The highest BCUT2D eigenvalue weighted by molar-refractivity contribution is 5.78. The van der Waals surface area contributed by atoms with Crippen LogP contribution in [0.4, 0.5) is 4.79 Å². The highest BCUT2D eigenvalue weighted by Crippen LogP contribution is 1.54. The van der Waals surface area contributed by atoms with Crippen LogP contribution in [-0.4, -0.2) is 27.4 Å². The standard InChI is InChI=1S/C3H4O2.C3H6.CH2O3/c1-2-3(4)5;1-3-2;2-1(3)4/h2H,1H2,(H,4,5);3H,1H2,2H3;(H2,2,3,4). The number of allylic oxidation sites excluding steroid dienone is 1. The fourth-order valence-electron chi connectivity index (χ4n) is 0. The zero-order valence-electron chi connectivity index (χ0n) is 6.73. The predicted octanol–water partition coefficient (Wildman–Crippen LogP) is 1.67. The molecule has 0 spiro atoms. The predicted molar refractivity (Wildman–Crippen MR) is 44.4 cm³/mol. The number of carboxylic acid groups (broad SMARTS) is 3. The zero-order chi connectivity index (χ0) is 10.6. The minimum absolute atomic E-state index is 0.833. The lowest BCUT2D eigenvalue weighted by molar-refractivity contribution is -0.131. The molecule has 0 aromatic rings. The molecule has 5 nitrogen and oxygen atoms in total. The first-order valence-corrected chi connectivity index (χ1v) is 2.76. The summed E-state index contributed by atoms with van der Waals surface area (Å²) in [4.78, 5) is 17.8. The Bertz CT molecular complexity index is 146. The van der Waals surface area contributed by atoms with Crippen molar-refractivity contribution in [1.29, 1.82) is 0 Å². The van der Waals surface area contributed by atoms with Crippen LogP contribution in [0.2, 0.25) is 0 Å². The molecule has 0 saturated carbocycles. The smallest absolute Gasteiger partial charge is 0.478 e. The van der Waals surface area contributed by atoms with Gasteiger partial charge in [-0.1, -0.05) is 12.7 Å². The Morgan fingerprint density at radius 3 is 1.25 bits per heavy atom. The lowest BCUT2D eigenvalue weighted by Gasteiger charge is -1.64. The third-order valence-electron chi connectivity index (χ3n) is 0.175. The summed E-state index contributed by atoms with van der Waals surface area (Å²) in [5, 5.41) is 21.5. The van der Waals surface area contributed by atoms with Gasteiger partial charge in [0.05, 0.1) is 0 Å². The van der Waals surface area contributed by atoms with Crippen molar-refractivity contribution >= 4 is 12.1 Å². The van der Waals surface area contributed by atoms with Crippen molar-refractivity contribution < 1.29 is 24.9 Å². The van der Waals surface area contributed by atoms with Crippen molar-refractivity contribution in [2.24, 2.45) is 0 Å². The molecule has 70 valence electrons. The Morgan fingerprint density at radius 2 is 1.25 bits per heavy atom. The molecule has 0 fully saturated rings. The molecule has 0 saturated heterocycles. The lowest BCUT2D eigenvalue weighted by Crippen LogP contribution is -1.82. The van der Waals surface area contributed by atoms with E-state index < -0.39 is 12.1 Å². The number of hydrogen-bond donors (Lipinski definition) is 3.